The van der Waals surface area contributed by atoms with Crippen LogP contribution in [0.15, 0.2) is 18.2 Å². The molecular formula is C14H18N4O3. The van der Waals surface area contributed by atoms with Crippen molar-refractivity contribution in [1.29, 1.82) is 0 Å². The second-order valence-electron chi connectivity index (χ2n) is 5.14. The minimum absolute atomic E-state index is 0.129. The van der Waals surface area contributed by atoms with E-state index in [1.165, 1.54) is 18.2 Å². The fourth-order valence-corrected chi connectivity index (χ4v) is 2.35. The molecule has 0 saturated carbocycles. The number of carbonyl (C=O) groups excluding carboxylic acids is 3. The molecule has 1 unspecified atom stereocenters. The van der Waals surface area contributed by atoms with Crippen molar-refractivity contribution in [3.63, 3.8) is 0 Å². The maximum atomic E-state index is 12.0. The summed E-state index contributed by atoms with van der Waals surface area (Å²) in [5, 5.41) is 5.86. The van der Waals surface area contributed by atoms with Crippen molar-refractivity contribution in [1.82, 2.24) is 5.32 Å². The summed E-state index contributed by atoms with van der Waals surface area (Å²) in [6.07, 6.45) is 1.35. The highest BCUT2D eigenvalue weighted by molar-refractivity contribution is 6.01. The molecule has 1 aliphatic rings. The summed E-state index contributed by atoms with van der Waals surface area (Å²) in [5.74, 6) is -1.23. The summed E-state index contributed by atoms with van der Waals surface area (Å²) in [6, 6.07) is 4.17. The lowest BCUT2D eigenvalue weighted by molar-refractivity contribution is -0.116. The Morgan fingerprint density at radius 2 is 1.76 bits per heavy atom. The standard InChI is InChI=1S/C14H18N4O3/c15-13(20)9-4-10(14(16)21)6-11(5-9)18-12(19)3-8-1-2-17-7-8/h4-6,8,17H,1-3,7H2,(H2,15,20)(H2,16,21)(H,18,19). The highest BCUT2D eigenvalue weighted by Gasteiger charge is 2.18. The molecule has 2 rings (SSSR count). The second-order valence-corrected chi connectivity index (χ2v) is 5.14. The van der Waals surface area contributed by atoms with Gasteiger partial charge in [0, 0.05) is 23.2 Å². The summed E-state index contributed by atoms with van der Waals surface area (Å²) < 4.78 is 0. The van der Waals surface area contributed by atoms with E-state index in [1.807, 2.05) is 0 Å². The van der Waals surface area contributed by atoms with Gasteiger partial charge in [-0.3, -0.25) is 14.4 Å². The minimum atomic E-state index is -0.686. The van der Waals surface area contributed by atoms with Gasteiger partial charge in [0.15, 0.2) is 0 Å². The monoisotopic (exact) mass is 290 g/mol. The molecular weight excluding hydrogens is 272 g/mol. The molecule has 1 aromatic rings. The van der Waals surface area contributed by atoms with Crippen LogP contribution in [0.2, 0.25) is 0 Å². The molecule has 112 valence electrons. The number of nitrogens with two attached hydrogens (primary N) is 2. The Bertz CT molecular complexity index is 547. The Kier molecular flexibility index (Phi) is 4.54. The maximum absolute atomic E-state index is 12.0. The van der Waals surface area contributed by atoms with Gasteiger partial charge in [-0.1, -0.05) is 0 Å². The summed E-state index contributed by atoms with van der Waals surface area (Å²) in [5.41, 5.74) is 11.0. The number of hydrogen-bond acceptors (Lipinski definition) is 4. The first kappa shape index (κ1) is 15.0. The molecule has 1 fully saturated rings. The van der Waals surface area contributed by atoms with E-state index < -0.39 is 11.8 Å². The van der Waals surface area contributed by atoms with Crippen molar-refractivity contribution in [3.8, 4) is 0 Å². The highest BCUT2D eigenvalue weighted by atomic mass is 16.2. The Morgan fingerprint density at radius 1 is 1.14 bits per heavy atom. The van der Waals surface area contributed by atoms with Crippen LogP contribution in [0, 0.1) is 5.92 Å². The van der Waals surface area contributed by atoms with Crippen LogP contribution >= 0.6 is 0 Å². The van der Waals surface area contributed by atoms with Crippen LogP contribution in [0.1, 0.15) is 33.6 Å². The molecule has 3 amide bonds. The van der Waals surface area contributed by atoms with Gasteiger partial charge in [0.1, 0.15) is 0 Å². The van der Waals surface area contributed by atoms with Crippen LogP contribution in [0.25, 0.3) is 0 Å². The molecule has 0 bridgehead atoms. The van der Waals surface area contributed by atoms with Gasteiger partial charge in [-0.15, -0.1) is 0 Å². The van der Waals surface area contributed by atoms with Crippen LogP contribution in [0.3, 0.4) is 0 Å². The van der Waals surface area contributed by atoms with Gasteiger partial charge in [-0.05, 0) is 43.6 Å². The van der Waals surface area contributed by atoms with E-state index in [2.05, 4.69) is 10.6 Å². The van der Waals surface area contributed by atoms with Crippen molar-refractivity contribution < 1.29 is 14.4 Å². The van der Waals surface area contributed by atoms with Crippen LogP contribution in [-0.2, 0) is 4.79 Å². The van der Waals surface area contributed by atoms with Crippen molar-refractivity contribution >= 4 is 23.4 Å². The molecule has 1 heterocycles. The summed E-state index contributed by atoms with van der Waals surface area (Å²) in [7, 11) is 0. The SMILES string of the molecule is NC(=O)c1cc(NC(=O)CC2CCNC2)cc(C(N)=O)c1. The van der Waals surface area contributed by atoms with Crippen LogP contribution in [-0.4, -0.2) is 30.8 Å². The number of benzene rings is 1. The third kappa shape index (κ3) is 4.03. The van der Waals surface area contributed by atoms with Gasteiger partial charge >= 0.3 is 0 Å². The topological polar surface area (TPSA) is 127 Å². The molecule has 0 aliphatic carbocycles. The Morgan fingerprint density at radius 3 is 2.24 bits per heavy atom. The first-order chi connectivity index (χ1) is 9.95. The van der Waals surface area contributed by atoms with Crippen molar-refractivity contribution in [2.75, 3.05) is 18.4 Å². The summed E-state index contributed by atoms with van der Waals surface area (Å²) in [4.78, 5) is 34.4. The van der Waals surface area contributed by atoms with Crippen molar-refractivity contribution in [3.05, 3.63) is 29.3 Å². The molecule has 0 radical (unpaired) electrons. The zero-order valence-electron chi connectivity index (χ0n) is 11.5. The lowest BCUT2D eigenvalue weighted by Crippen LogP contribution is -2.20. The van der Waals surface area contributed by atoms with E-state index in [-0.39, 0.29) is 17.0 Å². The Labute approximate surface area is 122 Å². The zero-order chi connectivity index (χ0) is 15.4. The molecule has 1 aromatic carbocycles. The predicted molar refractivity (Wildman–Crippen MR) is 77.7 cm³/mol. The maximum Gasteiger partial charge on any atom is 0.248 e. The largest absolute Gasteiger partial charge is 0.366 e. The Balaban J connectivity index is 2.12. The number of amides is 3. The van der Waals surface area contributed by atoms with E-state index in [0.29, 0.717) is 18.0 Å². The molecule has 0 spiro atoms. The number of carbonyl (C=O) groups is 3. The third-order valence-corrected chi connectivity index (χ3v) is 3.42. The van der Waals surface area contributed by atoms with Crippen LogP contribution < -0.4 is 22.1 Å². The third-order valence-electron chi connectivity index (χ3n) is 3.42. The smallest absolute Gasteiger partial charge is 0.248 e. The van der Waals surface area contributed by atoms with Gasteiger partial charge < -0.3 is 22.1 Å². The number of hydrogen-bond donors (Lipinski definition) is 4. The van der Waals surface area contributed by atoms with Crippen molar-refractivity contribution in [2.45, 2.75) is 12.8 Å². The minimum Gasteiger partial charge on any atom is -0.366 e. The van der Waals surface area contributed by atoms with Crippen molar-refractivity contribution in [2.24, 2.45) is 17.4 Å². The fraction of sp³-hybridized carbons (Fsp3) is 0.357. The average Bonchev–Trinajstić information content (AvgIpc) is 2.90. The van der Waals surface area contributed by atoms with Gasteiger partial charge in [0.05, 0.1) is 0 Å². The summed E-state index contributed by atoms with van der Waals surface area (Å²) >= 11 is 0. The predicted octanol–water partition coefficient (Wildman–Crippen LogP) is -0.177. The molecule has 21 heavy (non-hydrogen) atoms. The molecule has 7 nitrogen and oxygen atoms in total. The summed E-state index contributed by atoms with van der Waals surface area (Å²) in [6.45, 7) is 1.74. The van der Waals surface area contributed by atoms with E-state index in [1.54, 1.807) is 0 Å². The lowest BCUT2D eigenvalue weighted by atomic mass is 10.0. The van der Waals surface area contributed by atoms with Gasteiger partial charge in [0.2, 0.25) is 17.7 Å². The molecule has 1 aliphatic heterocycles. The second kappa shape index (κ2) is 6.36. The van der Waals surface area contributed by atoms with Crippen LogP contribution in [0.5, 0.6) is 0 Å². The average molecular weight is 290 g/mol. The normalized spacial score (nSPS) is 17.4. The molecule has 1 saturated heterocycles. The first-order valence-electron chi connectivity index (χ1n) is 6.71. The van der Waals surface area contributed by atoms with Gasteiger partial charge in [-0.2, -0.15) is 0 Å². The van der Waals surface area contributed by atoms with Gasteiger partial charge in [-0.25, -0.2) is 0 Å². The first-order valence-corrected chi connectivity index (χ1v) is 6.71. The van der Waals surface area contributed by atoms with E-state index in [0.717, 1.165) is 19.5 Å². The molecule has 6 N–H and O–H groups in total. The number of nitrogens with one attached hydrogen (secondary N) is 2. The van der Waals surface area contributed by atoms with Crippen LogP contribution in [0.4, 0.5) is 5.69 Å². The van der Waals surface area contributed by atoms with E-state index in [4.69, 9.17) is 11.5 Å². The molecule has 1 atom stereocenters. The molecule has 0 aromatic heterocycles. The Hall–Kier alpha value is -2.41. The number of rotatable bonds is 5. The van der Waals surface area contributed by atoms with E-state index in [9.17, 15) is 14.4 Å². The zero-order valence-corrected chi connectivity index (χ0v) is 11.5. The van der Waals surface area contributed by atoms with Gasteiger partial charge in [0.25, 0.3) is 0 Å². The highest BCUT2D eigenvalue weighted by Crippen LogP contribution is 2.17. The number of primary amides is 2. The molecule has 7 heteroatoms. The lowest BCUT2D eigenvalue weighted by Gasteiger charge is -2.11. The fourth-order valence-electron chi connectivity index (χ4n) is 2.35. The quantitative estimate of drug-likeness (QED) is 0.600. The van der Waals surface area contributed by atoms with E-state index >= 15 is 0 Å². The number of anilines is 1.